The third kappa shape index (κ3) is 4.52. The SMILES string of the molecule is c1ccc(-c2nc(-c3ccccc3)nc(-c3cc(-c4ccccc4)c4c(c3)oc3c4ccc4c3c3ccccc3n4-c3ccccc3)n2)cc1. The Morgan fingerprint density at radius 3 is 1.58 bits per heavy atom. The number of fused-ring (bicyclic) bond motifs is 7. The van der Waals surface area contributed by atoms with E-state index in [1.165, 1.54) is 0 Å². The zero-order chi connectivity index (χ0) is 33.0. The van der Waals surface area contributed by atoms with E-state index in [-0.39, 0.29) is 0 Å². The van der Waals surface area contributed by atoms with Crippen LogP contribution in [0.1, 0.15) is 0 Å². The van der Waals surface area contributed by atoms with Crippen LogP contribution in [0.15, 0.2) is 174 Å². The molecule has 0 radical (unpaired) electrons. The lowest BCUT2D eigenvalue weighted by Gasteiger charge is -2.11. The molecule has 5 heteroatoms. The molecule has 0 spiro atoms. The van der Waals surface area contributed by atoms with Gasteiger partial charge >= 0.3 is 0 Å². The highest BCUT2D eigenvalue weighted by molar-refractivity contribution is 6.26. The summed E-state index contributed by atoms with van der Waals surface area (Å²) >= 11 is 0. The van der Waals surface area contributed by atoms with Crippen molar-refractivity contribution in [2.24, 2.45) is 0 Å². The predicted octanol–water partition coefficient (Wildman–Crippen LogP) is 11.5. The summed E-state index contributed by atoms with van der Waals surface area (Å²) in [5.41, 5.74) is 9.86. The lowest BCUT2D eigenvalue weighted by atomic mass is 9.96. The zero-order valence-electron chi connectivity index (χ0n) is 26.9. The molecule has 0 saturated heterocycles. The number of rotatable bonds is 5. The van der Waals surface area contributed by atoms with Crippen molar-refractivity contribution >= 4 is 43.7 Å². The maximum atomic E-state index is 6.99. The minimum absolute atomic E-state index is 0.586. The first-order valence-electron chi connectivity index (χ1n) is 16.7. The molecule has 5 nitrogen and oxygen atoms in total. The molecule has 234 valence electrons. The van der Waals surface area contributed by atoms with Crippen LogP contribution in [0.3, 0.4) is 0 Å². The molecular formula is C45H28N4O. The standard InChI is InChI=1S/C45H28N4O/c1-5-15-29(16-6-1)36-27-32(45-47-43(30-17-7-2-8-18-30)46-44(48-45)31-19-9-3-10-20-31)28-39-40(36)35-25-26-38-41(42(35)50-39)34-23-13-14-24-37(34)49(38)33-21-11-4-12-22-33/h1-28H. The van der Waals surface area contributed by atoms with E-state index in [2.05, 4.69) is 108 Å². The van der Waals surface area contributed by atoms with E-state index >= 15 is 0 Å². The quantitative estimate of drug-likeness (QED) is 0.188. The monoisotopic (exact) mass is 640 g/mol. The maximum absolute atomic E-state index is 6.99. The van der Waals surface area contributed by atoms with E-state index < -0.39 is 0 Å². The molecule has 50 heavy (non-hydrogen) atoms. The van der Waals surface area contributed by atoms with Gasteiger partial charge in [0.05, 0.1) is 16.4 Å². The van der Waals surface area contributed by atoms with Crippen molar-refractivity contribution in [3.63, 3.8) is 0 Å². The molecule has 0 atom stereocenters. The fourth-order valence-electron chi connectivity index (χ4n) is 7.18. The first-order chi connectivity index (χ1) is 24.8. The van der Waals surface area contributed by atoms with Gasteiger partial charge in [-0.15, -0.1) is 0 Å². The Balaban J connectivity index is 1.28. The van der Waals surface area contributed by atoms with Gasteiger partial charge in [0.25, 0.3) is 0 Å². The zero-order valence-corrected chi connectivity index (χ0v) is 26.9. The average Bonchev–Trinajstić information content (AvgIpc) is 3.74. The number of hydrogen-bond acceptors (Lipinski definition) is 4. The van der Waals surface area contributed by atoms with Crippen molar-refractivity contribution in [3.8, 4) is 51.0 Å². The molecule has 3 heterocycles. The van der Waals surface area contributed by atoms with Gasteiger partial charge in [0, 0.05) is 38.5 Å². The van der Waals surface area contributed by atoms with Crippen LogP contribution in [0.5, 0.6) is 0 Å². The predicted molar refractivity (Wildman–Crippen MR) is 203 cm³/mol. The maximum Gasteiger partial charge on any atom is 0.164 e. The summed E-state index contributed by atoms with van der Waals surface area (Å²) < 4.78 is 9.31. The number of aromatic nitrogens is 4. The highest BCUT2D eigenvalue weighted by atomic mass is 16.3. The molecule has 0 unspecified atom stereocenters. The van der Waals surface area contributed by atoms with Gasteiger partial charge < -0.3 is 8.98 Å². The summed E-state index contributed by atoms with van der Waals surface area (Å²) in [4.78, 5) is 15.0. The largest absolute Gasteiger partial charge is 0.455 e. The van der Waals surface area contributed by atoms with Gasteiger partial charge in [-0.25, -0.2) is 15.0 Å². The van der Waals surface area contributed by atoms with Crippen molar-refractivity contribution in [2.75, 3.05) is 0 Å². The van der Waals surface area contributed by atoms with E-state index in [9.17, 15) is 0 Å². The van der Waals surface area contributed by atoms with Crippen LogP contribution in [-0.2, 0) is 0 Å². The van der Waals surface area contributed by atoms with Crippen LogP contribution in [0.25, 0.3) is 94.7 Å². The normalized spacial score (nSPS) is 11.6. The van der Waals surface area contributed by atoms with Crippen molar-refractivity contribution in [3.05, 3.63) is 170 Å². The van der Waals surface area contributed by atoms with Gasteiger partial charge in [0.1, 0.15) is 11.2 Å². The highest BCUT2D eigenvalue weighted by Crippen LogP contribution is 2.44. The molecule has 0 N–H and O–H groups in total. The van der Waals surface area contributed by atoms with E-state index in [1.54, 1.807) is 0 Å². The number of furan rings is 1. The summed E-state index contributed by atoms with van der Waals surface area (Å²) in [6, 6.07) is 58.4. The summed E-state index contributed by atoms with van der Waals surface area (Å²) in [5, 5.41) is 4.38. The summed E-state index contributed by atoms with van der Waals surface area (Å²) in [7, 11) is 0. The highest BCUT2D eigenvalue weighted by Gasteiger charge is 2.22. The fourth-order valence-corrected chi connectivity index (χ4v) is 7.18. The van der Waals surface area contributed by atoms with E-state index in [0.717, 1.165) is 77.2 Å². The number of para-hydroxylation sites is 2. The van der Waals surface area contributed by atoms with Gasteiger partial charge in [0.2, 0.25) is 0 Å². The Morgan fingerprint density at radius 2 is 0.940 bits per heavy atom. The van der Waals surface area contributed by atoms with Crippen LogP contribution in [0, 0.1) is 0 Å². The Kier molecular flexibility index (Phi) is 6.42. The Morgan fingerprint density at radius 1 is 0.400 bits per heavy atom. The van der Waals surface area contributed by atoms with Crippen LogP contribution in [0.4, 0.5) is 0 Å². The molecule has 7 aromatic carbocycles. The van der Waals surface area contributed by atoms with Crippen LogP contribution in [-0.4, -0.2) is 19.5 Å². The topological polar surface area (TPSA) is 56.7 Å². The minimum Gasteiger partial charge on any atom is -0.455 e. The van der Waals surface area contributed by atoms with E-state index in [0.29, 0.717) is 17.5 Å². The second-order valence-electron chi connectivity index (χ2n) is 12.4. The van der Waals surface area contributed by atoms with Gasteiger partial charge in [-0.2, -0.15) is 0 Å². The van der Waals surface area contributed by atoms with Crippen LogP contribution >= 0.6 is 0 Å². The number of benzene rings is 7. The molecular weight excluding hydrogens is 613 g/mol. The fraction of sp³-hybridized carbons (Fsp3) is 0. The molecule has 10 rings (SSSR count). The molecule has 0 bridgehead atoms. The average molecular weight is 641 g/mol. The molecule has 0 fully saturated rings. The van der Waals surface area contributed by atoms with Gasteiger partial charge in [-0.05, 0) is 53.6 Å². The minimum atomic E-state index is 0.586. The van der Waals surface area contributed by atoms with E-state index in [1.807, 2.05) is 66.7 Å². The lowest BCUT2D eigenvalue weighted by Crippen LogP contribution is -2.00. The van der Waals surface area contributed by atoms with Crippen molar-refractivity contribution in [1.82, 2.24) is 19.5 Å². The molecule has 3 aromatic heterocycles. The van der Waals surface area contributed by atoms with Crippen LogP contribution in [0.2, 0.25) is 0 Å². The molecule has 0 aliphatic heterocycles. The summed E-state index contributed by atoms with van der Waals surface area (Å²) in [5.74, 6) is 1.83. The second kappa shape index (κ2) is 11.4. The van der Waals surface area contributed by atoms with Gasteiger partial charge in [-0.1, -0.05) is 127 Å². The Hall–Kier alpha value is -6.85. The number of hydrogen-bond donors (Lipinski definition) is 0. The third-order valence-electron chi connectivity index (χ3n) is 9.43. The summed E-state index contributed by atoms with van der Waals surface area (Å²) in [6.07, 6.45) is 0. The second-order valence-corrected chi connectivity index (χ2v) is 12.4. The third-order valence-corrected chi connectivity index (χ3v) is 9.43. The van der Waals surface area contributed by atoms with Crippen molar-refractivity contribution in [1.29, 1.82) is 0 Å². The first-order valence-corrected chi connectivity index (χ1v) is 16.7. The van der Waals surface area contributed by atoms with Crippen molar-refractivity contribution < 1.29 is 4.42 Å². The van der Waals surface area contributed by atoms with Gasteiger partial charge in [-0.3, -0.25) is 0 Å². The smallest absolute Gasteiger partial charge is 0.164 e. The summed E-state index contributed by atoms with van der Waals surface area (Å²) in [6.45, 7) is 0. The Bertz CT molecular complexity index is 2780. The molecule has 0 amide bonds. The Labute approximate surface area is 287 Å². The van der Waals surface area contributed by atoms with Crippen molar-refractivity contribution in [2.45, 2.75) is 0 Å². The van der Waals surface area contributed by atoms with E-state index in [4.69, 9.17) is 19.4 Å². The molecule has 0 aliphatic carbocycles. The number of nitrogens with zero attached hydrogens (tertiary/aromatic N) is 4. The first kappa shape index (κ1) is 28.2. The van der Waals surface area contributed by atoms with Crippen LogP contribution < -0.4 is 0 Å². The molecule has 0 aliphatic rings. The molecule has 0 saturated carbocycles. The van der Waals surface area contributed by atoms with Gasteiger partial charge in [0.15, 0.2) is 17.5 Å². The molecule has 10 aromatic rings. The lowest BCUT2D eigenvalue weighted by molar-refractivity contribution is 0.673.